The van der Waals surface area contributed by atoms with Crippen molar-refractivity contribution in [3.8, 4) is 0 Å². The van der Waals surface area contributed by atoms with E-state index in [1.807, 2.05) is 6.92 Å². The van der Waals surface area contributed by atoms with Crippen molar-refractivity contribution in [2.24, 2.45) is 0 Å². The molecule has 3 aromatic carbocycles. The van der Waals surface area contributed by atoms with Crippen LogP contribution in [-0.2, 0) is 19.4 Å². The molecule has 2 amide bonds. The van der Waals surface area contributed by atoms with E-state index < -0.39 is 27.5 Å². The molecule has 0 fully saturated rings. The third kappa shape index (κ3) is 3.68. The Morgan fingerprint density at radius 2 is 1.42 bits per heavy atom. The average Bonchev–Trinajstić information content (AvgIpc) is 2.99. The van der Waals surface area contributed by atoms with Crippen LogP contribution in [0.3, 0.4) is 0 Å². The molecule has 0 saturated carbocycles. The Labute approximate surface area is 179 Å². The lowest BCUT2D eigenvalue weighted by Gasteiger charge is -2.15. The van der Waals surface area contributed by atoms with E-state index in [9.17, 15) is 18.0 Å². The molecule has 31 heavy (non-hydrogen) atoms. The molecule has 0 aliphatic carbocycles. The van der Waals surface area contributed by atoms with Crippen LogP contribution in [0.15, 0.2) is 77.7 Å². The van der Waals surface area contributed by atoms with Crippen LogP contribution in [0.25, 0.3) is 11.1 Å². The summed E-state index contributed by atoms with van der Waals surface area (Å²) in [6.45, 7) is 1.88. The largest absolute Gasteiger partial charge is 0.268 e. The van der Waals surface area contributed by atoms with Gasteiger partial charge in [-0.15, -0.1) is 0 Å². The van der Waals surface area contributed by atoms with Gasteiger partial charge in [-0.05, 0) is 42.8 Å². The van der Waals surface area contributed by atoms with Crippen molar-refractivity contribution >= 4 is 38.5 Å². The highest BCUT2D eigenvalue weighted by Gasteiger charge is 2.41. The fourth-order valence-electron chi connectivity index (χ4n) is 3.51. The number of hydrogen-bond acceptors (Lipinski definition) is 4. The molecule has 1 aliphatic heterocycles. The zero-order chi connectivity index (χ0) is 22.3. The topological polar surface area (TPSA) is 71.5 Å². The van der Waals surface area contributed by atoms with Gasteiger partial charge in [0.15, 0.2) is 9.84 Å². The van der Waals surface area contributed by atoms with E-state index in [1.54, 1.807) is 54.6 Å². The molecule has 0 N–H and O–H groups in total. The van der Waals surface area contributed by atoms with Gasteiger partial charge in [0.2, 0.25) is 0 Å². The van der Waals surface area contributed by atoms with Crippen molar-refractivity contribution in [1.82, 2.24) is 0 Å². The van der Waals surface area contributed by atoms with Gasteiger partial charge >= 0.3 is 0 Å². The first-order valence-corrected chi connectivity index (χ1v) is 11.3. The molecule has 4 rings (SSSR count). The van der Waals surface area contributed by atoms with Crippen LogP contribution >= 0.6 is 0 Å². The zero-order valence-electron chi connectivity index (χ0n) is 16.8. The van der Waals surface area contributed by atoms with Gasteiger partial charge in [-0.3, -0.25) is 9.59 Å². The predicted molar refractivity (Wildman–Crippen MR) is 116 cm³/mol. The zero-order valence-corrected chi connectivity index (χ0v) is 17.6. The summed E-state index contributed by atoms with van der Waals surface area (Å²) in [7, 11) is -3.63. The number of carbonyl (C=O) groups excluding carboxylic acids is 2. The van der Waals surface area contributed by atoms with Gasteiger partial charge < -0.3 is 0 Å². The maximum absolute atomic E-state index is 15.0. The molecule has 0 bridgehead atoms. The summed E-state index contributed by atoms with van der Waals surface area (Å²) in [4.78, 5) is 27.5. The summed E-state index contributed by atoms with van der Waals surface area (Å²) < 4.78 is 38.6. The first kappa shape index (κ1) is 20.7. The number of hydrogen-bond donors (Lipinski definition) is 0. The van der Waals surface area contributed by atoms with Crippen LogP contribution in [0, 0.1) is 12.7 Å². The fraction of sp³-hybridized carbons (Fsp3) is 0.0833. The number of sulfone groups is 1. The summed E-state index contributed by atoms with van der Waals surface area (Å²) in [5.74, 6) is -2.13. The number of rotatable bonds is 4. The highest BCUT2D eigenvalue weighted by atomic mass is 32.2. The molecule has 1 aliphatic rings. The maximum Gasteiger partial charge on any atom is 0.266 e. The van der Waals surface area contributed by atoms with Gasteiger partial charge in [0.1, 0.15) is 5.82 Å². The molecule has 0 unspecified atom stereocenters. The Morgan fingerprint density at radius 1 is 0.806 bits per heavy atom. The van der Waals surface area contributed by atoms with Crippen molar-refractivity contribution in [2.45, 2.75) is 11.8 Å². The third-order valence-corrected chi connectivity index (χ3v) is 6.19. The van der Waals surface area contributed by atoms with E-state index in [0.717, 1.165) is 22.8 Å². The summed E-state index contributed by atoms with van der Waals surface area (Å²) in [5.41, 5.74) is 1.64. The standard InChI is InChI=1S/C24H18FNO4S/c1-15-8-10-17(11-9-15)26-23(27)21(16-6-4-3-5-7-16)22(24(26)28)19-13-12-18(14-20(19)25)31(2,29)30/h3-14H,1-2H3. The molecule has 5 nitrogen and oxygen atoms in total. The summed E-state index contributed by atoms with van der Waals surface area (Å²) in [6.07, 6.45) is 0.972. The van der Waals surface area contributed by atoms with Crippen molar-refractivity contribution in [3.05, 3.63) is 95.3 Å². The first-order chi connectivity index (χ1) is 14.7. The molecule has 3 aromatic rings. The smallest absolute Gasteiger partial charge is 0.266 e. The van der Waals surface area contributed by atoms with E-state index in [2.05, 4.69) is 0 Å². The molecule has 0 radical (unpaired) electrons. The van der Waals surface area contributed by atoms with Crippen molar-refractivity contribution < 1.29 is 22.4 Å². The lowest BCUT2D eigenvalue weighted by molar-refractivity contribution is -0.119. The number of amides is 2. The van der Waals surface area contributed by atoms with Crippen LogP contribution in [-0.4, -0.2) is 26.5 Å². The van der Waals surface area contributed by atoms with E-state index in [0.29, 0.717) is 11.3 Å². The predicted octanol–water partition coefficient (Wildman–Crippen LogP) is 4.02. The monoisotopic (exact) mass is 435 g/mol. The van der Waals surface area contributed by atoms with Crippen molar-refractivity contribution in [2.75, 3.05) is 11.2 Å². The molecule has 156 valence electrons. The Bertz CT molecular complexity index is 1340. The number of halogens is 1. The third-order valence-electron chi connectivity index (χ3n) is 5.08. The maximum atomic E-state index is 15.0. The lowest BCUT2D eigenvalue weighted by Crippen LogP contribution is -2.31. The van der Waals surface area contributed by atoms with Crippen LogP contribution in [0.5, 0.6) is 0 Å². The minimum Gasteiger partial charge on any atom is -0.268 e. The van der Waals surface area contributed by atoms with E-state index in [-0.39, 0.29) is 21.6 Å². The Hall–Kier alpha value is -3.58. The quantitative estimate of drug-likeness (QED) is 0.581. The van der Waals surface area contributed by atoms with Crippen LogP contribution < -0.4 is 4.90 Å². The van der Waals surface area contributed by atoms with Crippen molar-refractivity contribution in [1.29, 1.82) is 0 Å². The summed E-state index contributed by atoms with van der Waals surface area (Å²) in [6, 6.07) is 18.7. The van der Waals surface area contributed by atoms with Crippen molar-refractivity contribution in [3.63, 3.8) is 0 Å². The Morgan fingerprint density at radius 3 is 2.00 bits per heavy atom. The van der Waals surface area contributed by atoms with Gasteiger partial charge in [-0.1, -0.05) is 48.0 Å². The summed E-state index contributed by atoms with van der Waals surface area (Å²) >= 11 is 0. The summed E-state index contributed by atoms with van der Waals surface area (Å²) in [5, 5.41) is 0. The number of anilines is 1. The molecule has 1 heterocycles. The highest BCUT2D eigenvalue weighted by Crippen LogP contribution is 2.39. The van der Waals surface area contributed by atoms with Gasteiger partial charge in [-0.25, -0.2) is 17.7 Å². The Kier molecular flexibility index (Phi) is 5.07. The fourth-order valence-corrected chi connectivity index (χ4v) is 4.14. The second kappa shape index (κ2) is 7.59. The van der Waals surface area contributed by atoms with Gasteiger partial charge in [0, 0.05) is 11.8 Å². The number of imide groups is 1. The van der Waals surface area contributed by atoms with Gasteiger partial charge in [-0.2, -0.15) is 0 Å². The average molecular weight is 435 g/mol. The van der Waals surface area contributed by atoms with Crippen LogP contribution in [0.4, 0.5) is 10.1 Å². The SMILES string of the molecule is Cc1ccc(N2C(=O)C(c3ccccc3)=C(c3ccc(S(C)(=O)=O)cc3F)C2=O)cc1. The van der Waals surface area contributed by atoms with Gasteiger partial charge in [0.25, 0.3) is 11.8 Å². The number of carbonyl (C=O) groups is 2. The Balaban J connectivity index is 1.93. The lowest BCUT2D eigenvalue weighted by atomic mass is 9.96. The highest BCUT2D eigenvalue weighted by molar-refractivity contribution is 7.90. The number of nitrogens with zero attached hydrogens (tertiary/aromatic N) is 1. The van der Waals surface area contributed by atoms with Crippen LogP contribution in [0.2, 0.25) is 0 Å². The molecule has 7 heteroatoms. The minimum absolute atomic E-state index is 0.0668. The molecular formula is C24H18FNO4S. The van der Waals surface area contributed by atoms with Crippen LogP contribution in [0.1, 0.15) is 16.7 Å². The molecular weight excluding hydrogens is 417 g/mol. The van der Waals surface area contributed by atoms with Gasteiger partial charge in [0.05, 0.1) is 21.7 Å². The molecule has 0 atom stereocenters. The minimum atomic E-state index is -3.63. The normalized spacial score (nSPS) is 14.5. The molecule has 0 saturated heterocycles. The number of aryl methyl sites for hydroxylation is 1. The van der Waals surface area contributed by atoms with E-state index in [1.165, 1.54) is 12.1 Å². The molecule has 0 aromatic heterocycles. The first-order valence-electron chi connectivity index (χ1n) is 9.43. The van der Waals surface area contributed by atoms with E-state index in [4.69, 9.17) is 0 Å². The second-order valence-corrected chi connectivity index (χ2v) is 9.33. The molecule has 0 spiro atoms. The second-order valence-electron chi connectivity index (χ2n) is 7.31. The van der Waals surface area contributed by atoms with E-state index >= 15 is 4.39 Å². The number of benzene rings is 3.